The van der Waals surface area contributed by atoms with Crippen molar-refractivity contribution in [3.63, 3.8) is 0 Å². The van der Waals surface area contributed by atoms with E-state index in [0.29, 0.717) is 24.9 Å². The highest BCUT2D eigenvalue weighted by atomic mass is 16.2. The van der Waals surface area contributed by atoms with Gasteiger partial charge in [-0.1, -0.05) is 18.2 Å². The van der Waals surface area contributed by atoms with Crippen LogP contribution in [0.1, 0.15) is 29.3 Å². The largest absolute Gasteiger partial charge is 0.277 e. The zero-order chi connectivity index (χ0) is 12.3. The molecule has 0 spiro atoms. The molecule has 0 aliphatic carbocycles. The molecule has 0 fully saturated rings. The number of nitrogens with zero attached hydrogens (tertiary/aromatic N) is 1. The van der Waals surface area contributed by atoms with E-state index < -0.39 is 0 Å². The minimum absolute atomic E-state index is 0.133. The van der Waals surface area contributed by atoms with Gasteiger partial charge in [0.1, 0.15) is 0 Å². The Kier molecular flexibility index (Phi) is 3.24. The summed E-state index contributed by atoms with van der Waals surface area (Å²) in [6, 6.07) is 7.26. The number of fused-ring (bicyclic) bond motifs is 1. The molecule has 1 aliphatic heterocycles. The molecular formula is C14H13NO2. The van der Waals surface area contributed by atoms with Gasteiger partial charge in [0.25, 0.3) is 5.91 Å². The molecule has 2 rings (SSSR count). The zero-order valence-corrected chi connectivity index (χ0v) is 9.69. The maximum absolute atomic E-state index is 12.1. The van der Waals surface area contributed by atoms with Crippen LogP contribution in [0.2, 0.25) is 0 Å². The molecule has 1 heterocycles. The maximum atomic E-state index is 12.1. The predicted octanol–water partition coefficient (Wildman–Crippen LogP) is 1.62. The second kappa shape index (κ2) is 4.84. The SMILES string of the molecule is CC#CCCN1C(=O)Cc2ccccc2C1=O. The van der Waals surface area contributed by atoms with Crippen LogP contribution in [0.4, 0.5) is 0 Å². The van der Waals surface area contributed by atoms with E-state index >= 15 is 0 Å². The van der Waals surface area contributed by atoms with Gasteiger partial charge in [0, 0.05) is 18.5 Å². The van der Waals surface area contributed by atoms with Crippen LogP contribution in [0.25, 0.3) is 0 Å². The molecule has 2 amide bonds. The van der Waals surface area contributed by atoms with Crippen LogP contribution >= 0.6 is 0 Å². The van der Waals surface area contributed by atoms with Crippen molar-refractivity contribution in [1.29, 1.82) is 0 Å². The van der Waals surface area contributed by atoms with Gasteiger partial charge >= 0.3 is 0 Å². The molecule has 1 aliphatic rings. The fourth-order valence-corrected chi connectivity index (χ4v) is 1.92. The van der Waals surface area contributed by atoms with E-state index in [9.17, 15) is 9.59 Å². The molecule has 0 aromatic heterocycles. The fourth-order valence-electron chi connectivity index (χ4n) is 1.92. The Morgan fingerprint density at radius 3 is 2.82 bits per heavy atom. The summed E-state index contributed by atoms with van der Waals surface area (Å²) in [6.45, 7) is 2.13. The Morgan fingerprint density at radius 1 is 1.29 bits per heavy atom. The first kappa shape index (κ1) is 11.4. The maximum Gasteiger partial charge on any atom is 0.260 e. The second-order valence-electron chi connectivity index (χ2n) is 3.86. The first-order valence-corrected chi connectivity index (χ1v) is 5.56. The van der Waals surface area contributed by atoms with Crippen LogP contribution in [-0.4, -0.2) is 23.3 Å². The second-order valence-corrected chi connectivity index (χ2v) is 3.86. The lowest BCUT2D eigenvalue weighted by atomic mass is 9.98. The third-order valence-electron chi connectivity index (χ3n) is 2.77. The number of hydrogen-bond donors (Lipinski definition) is 0. The van der Waals surface area contributed by atoms with Gasteiger partial charge in [-0.15, -0.1) is 11.8 Å². The summed E-state index contributed by atoms with van der Waals surface area (Å²) in [5.41, 5.74) is 1.46. The lowest BCUT2D eigenvalue weighted by Crippen LogP contribution is -2.42. The number of imide groups is 1. The lowest BCUT2D eigenvalue weighted by Gasteiger charge is -2.26. The Labute approximate surface area is 100 Å². The Morgan fingerprint density at radius 2 is 2.06 bits per heavy atom. The highest BCUT2D eigenvalue weighted by molar-refractivity contribution is 6.09. The van der Waals surface area contributed by atoms with Gasteiger partial charge in [-0.2, -0.15) is 0 Å². The molecule has 0 saturated heterocycles. The van der Waals surface area contributed by atoms with Crippen LogP contribution in [0.3, 0.4) is 0 Å². The number of rotatable bonds is 2. The third kappa shape index (κ3) is 2.21. The number of carbonyl (C=O) groups excluding carboxylic acids is 2. The highest BCUT2D eigenvalue weighted by Gasteiger charge is 2.29. The molecule has 17 heavy (non-hydrogen) atoms. The van der Waals surface area contributed by atoms with E-state index in [4.69, 9.17) is 0 Å². The van der Waals surface area contributed by atoms with E-state index in [0.717, 1.165) is 5.56 Å². The summed E-state index contributed by atoms with van der Waals surface area (Å²) in [5, 5.41) is 0. The topological polar surface area (TPSA) is 37.4 Å². The van der Waals surface area contributed by atoms with Gasteiger partial charge in [-0.05, 0) is 18.6 Å². The minimum atomic E-state index is -0.199. The van der Waals surface area contributed by atoms with Crippen LogP contribution < -0.4 is 0 Å². The first-order valence-electron chi connectivity index (χ1n) is 5.56. The molecule has 0 radical (unpaired) electrons. The molecule has 3 heteroatoms. The van der Waals surface area contributed by atoms with Crippen LogP contribution in [0.5, 0.6) is 0 Å². The summed E-state index contributed by atoms with van der Waals surface area (Å²) >= 11 is 0. The van der Waals surface area contributed by atoms with Gasteiger partial charge in [-0.25, -0.2) is 0 Å². The first-order chi connectivity index (χ1) is 8.24. The Bertz CT molecular complexity index is 523. The third-order valence-corrected chi connectivity index (χ3v) is 2.77. The summed E-state index contributed by atoms with van der Waals surface area (Å²) in [6.07, 6.45) is 0.845. The van der Waals surface area contributed by atoms with Gasteiger partial charge < -0.3 is 0 Å². The summed E-state index contributed by atoms with van der Waals surface area (Å²) in [5.74, 6) is 5.29. The Hall–Kier alpha value is -2.08. The highest BCUT2D eigenvalue weighted by Crippen LogP contribution is 2.19. The van der Waals surface area contributed by atoms with Crippen molar-refractivity contribution in [2.75, 3.05) is 6.54 Å². The number of amides is 2. The normalized spacial score (nSPS) is 14.1. The van der Waals surface area contributed by atoms with Crippen molar-refractivity contribution in [2.45, 2.75) is 19.8 Å². The van der Waals surface area contributed by atoms with Crippen molar-refractivity contribution in [2.24, 2.45) is 0 Å². The smallest absolute Gasteiger partial charge is 0.260 e. The van der Waals surface area contributed by atoms with E-state index in [1.807, 2.05) is 18.2 Å². The molecule has 0 N–H and O–H groups in total. The van der Waals surface area contributed by atoms with Gasteiger partial charge in [0.05, 0.1) is 6.42 Å². The van der Waals surface area contributed by atoms with Crippen molar-refractivity contribution >= 4 is 11.8 Å². The molecule has 86 valence electrons. The Balaban J connectivity index is 2.23. The van der Waals surface area contributed by atoms with E-state index in [1.54, 1.807) is 13.0 Å². The summed E-state index contributed by atoms with van der Waals surface area (Å²) in [7, 11) is 0. The lowest BCUT2D eigenvalue weighted by molar-refractivity contribution is -0.128. The van der Waals surface area contributed by atoms with Crippen LogP contribution in [0, 0.1) is 11.8 Å². The standard InChI is InChI=1S/C14H13NO2/c1-2-3-6-9-15-13(16)10-11-7-4-5-8-12(11)14(15)17/h4-5,7-8H,6,9-10H2,1H3. The van der Waals surface area contributed by atoms with Crippen LogP contribution in [-0.2, 0) is 11.2 Å². The van der Waals surface area contributed by atoms with Crippen molar-refractivity contribution in [1.82, 2.24) is 4.90 Å². The minimum Gasteiger partial charge on any atom is -0.277 e. The molecule has 0 bridgehead atoms. The quantitative estimate of drug-likeness (QED) is 0.568. The number of carbonyl (C=O) groups is 2. The average Bonchev–Trinajstić information content (AvgIpc) is 2.33. The molecule has 0 unspecified atom stereocenters. The fraction of sp³-hybridized carbons (Fsp3) is 0.286. The predicted molar refractivity (Wildman–Crippen MR) is 64.3 cm³/mol. The van der Waals surface area contributed by atoms with E-state index in [2.05, 4.69) is 11.8 Å². The molecular weight excluding hydrogens is 214 g/mol. The van der Waals surface area contributed by atoms with E-state index in [1.165, 1.54) is 4.90 Å². The van der Waals surface area contributed by atoms with E-state index in [-0.39, 0.29) is 11.8 Å². The van der Waals surface area contributed by atoms with Gasteiger partial charge in [-0.3, -0.25) is 14.5 Å². The van der Waals surface area contributed by atoms with Crippen molar-refractivity contribution in [3.05, 3.63) is 35.4 Å². The molecule has 1 aromatic rings. The zero-order valence-electron chi connectivity index (χ0n) is 9.69. The van der Waals surface area contributed by atoms with Crippen LogP contribution in [0.15, 0.2) is 24.3 Å². The van der Waals surface area contributed by atoms with Crippen molar-refractivity contribution < 1.29 is 9.59 Å². The summed E-state index contributed by atoms with van der Waals surface area (Å²) in [4.78, 5) is 25.2. The number of hydrogen-bond acceptors (Lipinski definition) is 2. The van der Waals surface area contributed by atoms with Gasteiger partial charge in [0.2, 0.25) is 5.91 Å². The molecule has 3 nitrogen and oxygen atoms in total. The molecule has 1 aromatic carbocycles. The van der Waals surface area contributed by atoms with Crippen molar-refractivity contribution in [3.8, 4) is 11.8 Å². The monoisotopic (exact) mass is 227 g/mol. The van der Waals surface area contributed by atoms with Gasteiger partial charge in [0.15, 0.2) is 0 Å². The average molecular weight is 227 g/mol. The molecule has 0 atom stereocenters. The number of benzene rings is 1. The summed E-state index contributed by atoms with van der Waals surface area (Å²) < 4.78 is 0. The molecule has 0 saturated carbocycles.